The molecule has 0 spiro atoms. The van der Waals surface area contributed by atoms with Gasteiger partial charge in [0.2, 0.25) is 11.8 Å². The summed E-state index contributed by atoms with van der Waals surface area (Å²) in [5, 5.41) is 21.5. The van der Waals surface area contributed by atoms with Crippen LogP contribution < -0.4 is 10.1 Å². The molecule has 9 heteroatoms. The molecule has 0 fully saturated rings. The maximum Gasteiger partial charge on any atom is 0.277 e. The maximum atomic E-state index is 12.4. The second-order valence-corrected chi connectivity index (χ2v) is 8.85. The van der Waals surface area contributed by atoms with Crippen molar-refractivity contribution in [3.05, 3.63) is 40.3 Å². The lowest BCUT2D eigenvalue weighted by atomic mass is 10.1. The number of carbonyl (C=O) groups excluding carboxylic acids is 1. The fourth-order valence-electron chi connectivity index (χ4n) is 3.36. The molecule has 0 saturated carbocycles. The van der Waals surface area contributed by atoms with Crippen LogP contribution in [0.5, 0.6) is 5.75 Å². The number of ether oxygens (including phenoxy) is 1. The number of nitrogens with one attached hydrogen (secondary N) is 1. The molecule has 1 amide bonds. The summed E-state index contributed by atoms with van der Waals surface area (Å²) >= 11 is 2.70. The quantitative estimate of drug-likeness (QED) is 0.439. The summed E-state index contributed by atoms with van der Waals surface area (Å²) in [6.07, 6.45) is 5.31. The van der Waals surface area contributed by atoms with Crippen LogP contribution in [0.25, 0.3) is 11.5 Å². The van der Waals surface area contributed by atoms with Crippen molar-refractivity contribution in [1.82, 2.24) is 10.2 Å². The van der Waals surface area contributed by atoms with Crippen molar-refractivity contribution in [3.8, 4) is 23.3 Å². The van der Waals surface area contributed by atoms with Crippen LogP contribution in [0.2, 0.25) is 0 Å². The van der Waals surface area contributed by atoms with Crippen molar-refractivity contribution in [3.63, 3.8) is 0 Å². The Morgan fingerprint density at radius 2 is 2.07 bits per heavy atom. The van der Waals surface area contributed by atoms with E-state index in [1.54, 1.807) is 7.11 Å². The number of hydrogen-bond acceptors (Lipinski definition) is 8. The first kappa shape index (κ1) is 20.4. The Morgan fingerprint density at radius 1 is 1.27 bits per heavy atom. The standard InChI is InChI=1S/C21H20N4O3S2/c1-27-14-9-7-13(8-10-14)19-24-25-21(28-19)29-12-18(26)23-20-16(11-22)15-5-3-2-4-6-17(15)30-20/h7-10H,2-6,12H2,1H3,(H,23,26). The van der Waals surface area contributed by atoms with E-state index < -0.39 is 0 Å². The van der Waals surface area contributed by atoms with Crippen molar-refractivity contribution in [2.45, 2.75) is 37.3 Å². The van der Waals surface area contributed by atoms with Crippen molar-refractivity contribution in [2.24, 2.45) is 0 Å². The fourth-order valence-corrected chi connectivity index (χ4v) is 5.18. The molecule has 0 bridgehead atoms. The molecular weight excluding hydrogens is 420 g/mol. The second kappa shape index (κ2) is 9.32. The molecule has 0 unspecified atom stereocenters. The minimum Gasteiger partial charge on any atom is -0.497 e. The number of rotatable bonds is 6. The van der Waals surface area contributed by atoms with Gasteiger partial charge in [-0.15, -0.1) is 21.5 Å². The van der Waals surface area contributed by atoms with Gasteiger partial charge in [-0.25, -0.2) is 0 Å². The van der Waals surface area contributed by atoms with E-state index >= 15 is 0 Å². The Labute approximate surface area is 182 Å². The van der Waals surface area contributed by atoms with Gasteiger partial charge >= 0.3 is 0 Å². The number of amides is 1. The van der Waals surface area contributed by atoms with Crippen LogP contribution in [0, 0.1) is 11.3 Å². The van der Waals surface area contributed by atoms with Gasteiger partial charge < -0.3 is 14.5 Å². The average molecular weight is 441 g/mol. The highest BCUT2D eigenvalue weighted by molar-refractivity contribution is 7.99. The molecule has 7 nitrogen and oxygen atoms in total. The number of nitriles is 1. The van der Waals surface area contributed by atoms with Crippen LogP contribution in [0.3, 0.4) is 0 Å². The Hall–Kier alpha value is -2.83. The fraction of sp³-hybridized carbons (Fsp3) is 0.333. The van der Waals surface area contributed by atoms with Gasteiger partial charge in [-0.05, 0) is 55.5 Å². The number of hydrogen-bond donors (Lipinski definition) is 1. The predicted molar refractivity (Wildman–Crippen MR) is 116 cm³/mol. The maximum absolute atomic E-state index is 12.4. The van der Waals surface area contributed by atoms with Gasteiger partial charge in [0.15, 0.2) is 0 Å². The largest absolute Gasteiger partial charge is 0.497 e. The molecular formula is C21H20N4O3S2. The summed E-state index contributed by atoms with van der Waals surface area (Å²) in [4.78, 5) is 13.7. The van der Waals surface area contributed by atoms with Gasteiger partial charge in [0.05, 0.1) is 18.4 Å². The molecule has 2 heterocycles. The molecule has 1 aliphatic carbocycles. The van der Waals surface area contributed by atoms with E-state index in [1.165, 1.54) is 34.4 Å². The second-order valence-electron chi connectivity index (χ2n) is 6.82. The number of thiophene rings is 1. The number of anilines is 1. The Balaban J connectivity index is 1.38. The molecule has 1 aliphatic rings. The number of benzene rings is 1. The predicted octanol–water partition coefficient (Wildman–Crippen LogP) is 4.68. The molecule has 2 aromatic heterocycles. The normalized spacial score (nSPS) is 13.2. The van der Waals surface area contributed by atoms with Crippen LogP contribution in [0.4, 0.5) is 5.00 Å². The molecule has 0 aliphatic heterocycles. The number of methoxy groups -OCH3 is 1. The summed E-state index contributed by atoms with van der Waals surface area (Å²) in [5.74, 6) is 1.05. The van der Waals surface area contributed by atoms with E-state index in [1.807, 2.05) is 24.3 Å². The minimum absolute atomic E-state index is 0.123. The van der Waals surface area contributed by atoms with Crippen molar-refractivity contribution < 1.29 is 13.9 Å². The molecule has 30 heavy (non-hydrogen) atoms. The van der Waals surface area contributed by atoms with Crippen LogP contribution in [0.1, 0.15) is 35.3 Å². The molecule has 3 aromatic rings. The minimum atomic E-state index is -0.197. The first-order chi connectivity index (χ1) is 14.7. The molecule has 154 valence electrons. The first-order valence-corrected chi connectivity index (χ1v) is 11.4. The van der Waals surface area contributed by atoms with Gasteiger partial charge in [-0.2, -0.15) is 5.26 Å². The van der Waals surface area contributed by atoms with Crippen molar-refractivity contribution >= 4 is 34.0 Å². The zero-order valence-electron chi connectivity index (χ0n) is 16.4. The molecule has 1 N–H and O–H groups in total. The highest BCUT2D eigenvalue weighted by Crippen LogP contribution is 2.37. The van der Waals surface area contributed by atoms with E-state index in [0.717, 1.165) is 42.6 Å². The SMILES string of the molecule is COc1ccc(-c2nnc(SCC(=O)Nc3sc4c(c3C#N)CCCCC4)o2)cc1. The van der Waals surface area contributed by atoms with E-state index in [4.69, 9.17) is 9.15 Å². The lowest BCUT2D eigenvalue weighted by molar-refractivity contribution is -0.113. The van der Waals surface area contributed by atoms with Crippen LogP contribution in [0.15, 0.2) is 33.9 Å². The van der Waals surface area contributed by atoms with Crippen LogP contribution in [-0.2, 0) is 17.6 Å². The lowest BCUT2D eigenvalue weighted by Gasteiger charge is -2.02. The third-order valence-corrected chi connectivity index (χ3v) is 6.88. The van der Waals surface area contributed by atoms with Gasteiger partial charge in [0.1, 0.15) is 16.8 Å². The molecule has 0 saturated heterocycles. The number of aromatic nitrogens is 2. The smallest absolute Gasteiger partial charge is 0.277 e. The zero-order chi connectivity index (χ0) is 20.9. The number of carbonyl (C=O) groups is 1. The summed E-state index contributed by atoms with van der Waals surface area (Å²) in [5.41, 5.74) is 2.51. The van der Waals surface area contributed by atoms with Crippen LogP contribution >= 0.6 is 23.1 Å². The van der Waals surface area contributed by atoms with Gasteiger partial charge in [0, 0.05) is 10.4 Å². The van der Waals surface area contributed by atoms with Gasteiger partial charge in [-0.1, -0.05) is 18.2 Å². The van der Waals surface area contributed by atoms with Crippen LogP contribution in [-0.4, -0.2) is 29.0 Å². The number of thioether (sulfide) groups is 1. The molecule has 0 atom stereocenters. The number of aryl methyl sites for hydroxylation is 1. The van der Waals surface area contributed by atoms with Gasteiger partial charge in [0.25, 0.3) is 5.22 Å². The topological polar surface area (TPSA) is 101 Å². The average Bonchev–Trinajstić information content (AvgIpc) is 3.30. The zero-order valence-corrected chi connectivity index (χ0v) is 18.1. The van der Waals surface area contributed by atoms with Crippen molar-refractivity contribution in [1.29, 1.82) is 5.26 Å². The monoisotopic (exact) mass is 440 g/mol. The highest BCUT2D eigenvalue weighted by atomic mass is 32.2. The third-order valence-electron chi connectivity index (χ3n) is 4.86. The van der Waals surface area contributed by atoms with Crippen molar-refractivity contribution in [2.75, 3.05) is 18.2 Å². The van der Waals surface area contributed by atoms with E-state index in [-0.39, 0.29) is 11.7 Å². The molecule has 1 aromatic carbocycles. The first-order valence-electron chi connectivity index (χ1n) is 9.63. The Kier molecular flexibility index (Phi) is 6.35. The van der Waals surface area contributed by atoms with Gasteiger partial charge in [-0.3, -0.25) is 4.79 Å². The van der Waals surface area contributed by atoms with E-state index in [0.29, 0.717) is 21.7 Å². The summed E-state index contributed by atoms with van der Waals surface area (Å²) in [6, 6.07) is 9.57. The summed E-state index contributed by atoms with van der Waals surface area (Å²) < 4.78 is 10.8. The molecule has 0 radical (unpaired) electrons. The third kappa shape index (κ3) is 4.50. The number of nitrogens with zero attached hydrogens (tertiary/aromatic N) is 3. The number of fused-ring (bicyclic) bond motifs is 1. The van der Waals surface area contributed by atoms with E-state index in [2.05, 4.69) is 21.6 Å². The lowest BCUT2D eigenvalue weighted by Crippen LogP contribution is -2.14. The summed E-state index contributed by atoms with van der Waals surface area (Å²) in [7, 11) is 1.61. The highest BCUT2D eigenvalue weighted by Gasteiger charge is 2.21. The molecule has 4 rings (SSSR count). The Bertz CT molecular complexity index is 1080. The van der Waals surface area contributed by atoms with E-state index in [9.17, 15) is 10.1 Å². The Morgan fingerprint density at radius 3 is 2.83 bits per heavy atom. The summed E-state index contributed by atoms with van der Waals surface area (Å²) in [6.45, 7) is 0.